The molecule has 0 aliphatic heterocycles. The van der Waals surface area contributed by atoms with E-state index in [4.69, 9.17) is 10.9 Å². The topological polar surface area (TPSA) is 70.6 Å². The Morgan fingerprint density at radius 1 is 1.30 bits per heavy atom. The van der Waals surface area contributed by atoms with E-state index in [1.54, 1.807) is 0 Å². The number of aryl methyl sites for hydroxylation is 1. The summed E-state index contributed by atoms with van der Waals surface area (Å²) in [6.45, 7) is 2.64. The van der Waals surface area contributed by atoms with E-state index >= 15 is 0 Å². The normalized spacial score (nSPS) is 11.4. The van der Waals surface area contributed by atoms with Gasteiger partial charge in [0.05, 0.1) is 0 Å². The van der Waals surface area contributed by atoms with Gasteiger partial charge in [0.25, 0.3) is 0 Å². The molecule has 0 fully saturated rings. The van der Waals surface area contributed by atoms with Crippen molar-refractivity contribution >= 4 is 27.5 Å². The van der Waals surface area contributed by atoms with Crippen LogP contribution in [0.3, 0.4) is 0 Å². The first kappa shape index (κ1) is 14.4. The molecule has 0 saturated heterocycles. The second kappa shape index (κ2) is 6.43. The largest absolute Gasteiger partial charge is 0.409 e. The summed E-state index contributed by atoms with van der Waals surface area (Å²) in [6, 6.07) is 13.7. The van der Waals surface area contributed by atoms with Crippen molar-refractivity contribution in [3.8, 4) is 0 Å². The lowest BCUT2D eigenvalue weighted by Gasteiger charge is -2.12. The minimum Gasteiger partial charge on any atom is -0.409 e. The Bertz CT molecular complexity index is 641. The first-order valence-electron chi connectivity index (χ1n) is 6.17. The van der Waals surface area contributed by atoms with Gasteiger partial charge < -0.3 is 16.3 Å². The van der Waals surface area contributed by atoms with E-state index in [0.717, 1.165) is 21.3 Å². The zero-order valence-corrected chi connectivity index (χ0v) is 12.7. The molecule has 0 amide bonds. The molecule has 20 heavy (non-hydrogen) atoms. The summed E-state index contributed by atoms with van der Waals surface area (Å²) in [6.07, 6.45) is 0. The van der Waals surface area contributed by atoms with Crippen LogP contribution >= 0.6 is 15.9 Å². The van der Waals surface area contributed by atoms with Crippen molar-refractivity contribution in [3.63, 3.8) is 0 Å². The first-order valence-corrected chi connectivity index (χ1v) is 6.97. The minimum atomic E-state index is 0.116. The molecule has 2 rings (SSSR count). The zero-order valence-electron chi connectivity index (χ0n) is 11.1. The fourth-order valence-electron chi connectivity index (χ4n) is 1.93. The molecule has 104 valence electrons. The number of benzene rings is 2. The summed E-state index contributed by atoms with van der Waals surface area (Å²) in [4.78, 5) is 0. The molecule has 2 aromatic carbocycles. The van der Waals surface area contributed by atoms with Crippen LogP contribution in [-0.2, 0) is 6.54 Å². The number of halogens is 1. The summed E-state index contributed by atoms with van der Waals surface area (Å²) < 4.78 is 1.01. The van der Waals surface area contributed by atoms with Crippen molar-refractivity contribution < 1.29 is 5.21 Å². The Morgan fingerprint density at radius 3 is 2.75 bits per heavy atom. The average Bonchev–Trinajstić information content (AvgIpc) is 2.46. The Morgan fingerprint density at radius 2 is 2.05 bits per heavy atom. The molecule has 0 unspecified atom stereocenters. The molecule has 0 saturated carbocycles. The Balaban J connectivity index is 2.19. The van der Waals surface area contributed by atoms with Gasteiger partial charge in [-0.05, 0) is 46.1 Å². The van der Waals surface area contributed by atoms with Crippen molar-refractivity contribution in [2.24, 2.45) is 10.9 Å². The lowest BCUT2D eigenvalue weighted by molar-refractivity contribution is 0.318. The summed E-state index contributed by atoms with van der Waals surface area (Å²) in [5.41, 5.74) is 9.57. The van der Waals surface area contributed by atoms with Crippen LogP contribution in [0.25, 0.3) is 0 Å². The van der Waals surface area contributed by atoms with Gasteiger partial charge in [0, 0.05) is 22.3 Å². The molecule has 0 atom stereocenters. The molecule has 0 aliphatic rings. The minimum absolute atomic E-state index is 0.116. The summed E-state index contributed by atoms with van der Waals surface area (Å²) in [5.74, 6) is 0.116. The van der Waals surface area contributed by atoms with Gasteiger partial charge in [-0.15, -0.1) is 0 Å². The Hall–Kier alpha value is -2.01. The molecule has 4 nitrogen and oxygen atoms in total. The number of hydrogen-bond donors (Lipinski definition) is 3. The third-order valence-electron chi connectivity index (χ3n) is 2.99. The van der Waals surface area contributed by atoms with Gasteiger partial charge in [-0.3, -0.25) is 0 Å². The number of nitrogens with two attached hydrogens (primary N) is 1. The second-order valence-corrected chi connectivity index (χ2v) is 5.33. The van der Waals surface area contributed by atoms with Crippen molar-refractivity contribution in [1.29, 1.82) is 0 Å². The molecule has 0 aromatic heterocycles. The lowest BCUT2D eigenvalue weighted by atomic mass is 10.1. The van der Waals surface area contributed by atoms with Crippen LogP contribution in [-0.4, -0.2) is 11.0 Å². The first-order chi connectivity index (χ1) is 9.61. The van der Waals surface area contributed by atoms with Crippen molar-refractivity contribution in [3.05, 3.63) is 63.6 Å². The lowest BCUT2D eigenvalue weighted by Crippen LogP contribution is -2.16. The predicted molar refractivity (Wildman–Crippen MR) is 85.2 cm³/mol. The molecular weight excluding hydrogens is 318 g/mol. The maximum Gasteiger partial charge on any atom is 0.170 e. The number of hydrogen-bond acceptors (Lipinski definition) is 3. The number of amidine groups is 1. The number of rotatable bonds is 4. The van der Waals surface area contributed by atoms with Crippen molar-refractivity contribution in [2.45, 2.75) is 13.5 Å². The molecule has 0 aliphatic carbocycles. The Labute approximate surface area is 126 Å². The Kier molecular flexibility index (Phi) is 4.63. The number of nitrogens with zero attached hydrogens (tertiary/aromatic N) is 1. The van der Waals surface area contributed by atoms with Crippen LogP contribution in [0.1, 0.15) is 16.7 Å². The van der Waals surface area contributed by atoms with Crippen LogP contribution in [0, 0.1) is 6.92 Å². The maximum atomic E-state index is 8.81. The van der Waals surface area contributed by atoms with Crippen LogP contribution < -0.4 is 11.1 Å². The van der Waals surface area contributed by atoms with E-state index in [2.05, 4.69) is 32.5 Å². The van der Waals surface area contributed by atoms with Crippen LogP contribution in [0.5, 0.6) is 0 Å². The van der Waals surface area contributed by atoms with Crippen LogP contribution in [0.2, 0.25) is 0 Å². The fraction of sp³-hybridized carbons (Fsp3) is 0.133. The molecule has 5 heteroatoms. The van der Waals surface area contributed by atoms with E-state index in [9.17, 15) is 0 Å². The van der Waals surface area contributed by atoms with Gasteiger partial charge in [-0.2, -0.15) is 0 Å². The highest BCUT2D eigenvalue weighted by molar-refractivity contribution is 9.10. The van der Waals surface area contributed by atoms with E-state index in [1.807, 2.05) is 43.3 Å². The molecule has 0 radical (unpaired) electrons. The van der Waals surface area contributed by atoms with Crippen molar-refractivity contribution in [1.82, 2.24) is 0 Å². The number of nitrogens with one attached hydrogen (secondary N) is 1. The van der Waals surface area contributed by atoms with Gasteiger partial charge in [0.1, 0.15) is 0 Å². The number of oxime groups is 1. The zero-order chi connectivity index (χ0) is 14.5. The molecule has 4 N–H and O–H groups in total. The fourth-order valence-corrected chi connectivity index (χ4v) is 2.57. The number of anilines is 1. The molecule has 0 heterocycles. The van der Waals surface area contributed by atoms with Gasteiger partial charge in [-0.25, -0.2) is 0 Å². The highest BCUT2D eigenvalue weighted by Gasteiger charge is 2.07. The molecule has 2 aromatic rings. The predicted octanol–water partition coefficient (Wildman–Crippen LogP) is 3.46. The highest BCUT2D eigenvalue weighted by Crippen LogP contribution is 2.24. The summed E-state index contributed by atoms with van der Waals surface area (Å²) in [7, 11) is 0. The van der Waals surface area contributed by atoms with E-state index in [0.29, 0.717) is 6.54 Å². The van der Waals surface area contributed by atoms with Crippen LogP contribution in [0.4, 0.5) is 5.69 Å². The van der Waals surface area contributed by atoms with Crippen molar-refractivity contribution in [2.75, 3.05) is 5.32 Å². The SMILES string of the molecule is Cc1ccc(NCc2ccccc2C(N)=NO)c(Br)c1. The summed E-state index contributed by atoms with van der Waals surface area (Å²) in [5, 5.41) is 15.2. The third kappa shape index (κ3) is 3.30. The highest BCUT2D eigenvalue weighted by atomic mass is 79.9. The van der Waals surface area contributed by atoms with Gasteiger partial charge in [0.15, 0.2) is 5.84 Å². The van der Waals surface area contributed by atoms with Gasteiger partial charge in [-0.1, -0.05) is 35.5 Å². The van der Waals surface area contributed by atoms with Crippen LogP contribution in [0.15, 0.2) is 52.1 Å². The quantitative estimate of drug-likeness (QED) is 0.347. The molecular formula is C15H16BrN3O. The van der Waals surface area contributed by atoms with E-state index < -0.39 is 0 Å². The summed E-state index contributed by atoms with van der Waals surface area (Å²) >= 11 is 3.53. The molecule has 0 bridgehead atoms. The third-order valence-corrected chi connectivity index (χ3v) is 3.65. The smallest absolute Gasteiger partial charge is 0.170 e. The van der Waals surface area contributed by atoms with Gasteiger partial charge in [0.2, 0.25) is 0 Å². The average molecular weight is 334 g/mol. The van der Waals surface area contributed by atoms with E-state index in [-0.39, 0.29) is 5.84 Å². The monoisotopic (exact) mass is 333 g/mol. The standard InChI is InChI=1S/C15H16BrN3O/c1-10-6-7-14(13(16)8-10)18-9-11-4-2-3-5-12(11)15(17)19-20/h2-8,18,20H,9H2,1H3,(H2,17,19). The maximum absolute atomic E-state index is 8.81. The van der Waals surface area contributed by atoms with Gasteiger partial charge >= 0.3 is 0 Å². The molecule has 0 spiro atoms. The van der Waals surface area contributed by atoms with E-state index in [1.165, 1.54) is 5.56 Å². The second-order valence-electron chi connectivity index (χ2n) is 4.48.